The number of aliphatic hydroxyl groups is 2. The fraction of sp³-hybridized carbons (Fsp3) is 0.933. The van der Waals surface area contributed by atoms with Gasteiger partial charge in [0, 0.05) is 0 Å². The number of fused-ring (bicyclic) bond motifs is 4. The molecule has 0 aliphatic heterocycles. The zero-order chi connectivity index (χ0) is 23.7. The molecule has 2 saturated carbocycles. The lowest BCUT2D eigenvalue weighted by Crippen LogP contribution is -2.55. The number of hydrogen-bond acceptors (Lipinski definition) is 2. The Kier molecular flexibility index (Phi) is 6.07. The first kappa shape index (κ1) is 24.8. The van der Waals surface area contributed by atoms with Crippen LogP contribution < -0.4 is 0 Å². The molecule has 0 aromatic heterocycles. The predicted octanol–water partition coefficient (Wildman–Crippen LogP) is 7.67. The van der Waals surface area contributed by atoms with Gasteiger partial charge in [-0.15, -0.1) is 0 Å². The van der Waals surface area contributed by atoms with Crippen LogP contribution in [0.5, 0.6) is 0 Å². The van der Waals surface area contributed by atoms with E-state index in [1.165, 1.54) is 51.4 Å². The van der Waals surface area contributed by atoms with E-state index in [9.17, 15) is 10.2 Å². The maximum atomic E-state index is 10.8. The van der Waals surface area contributed by atoms with Crippen LogP contribution in [-0.2, 0) is 0 Å². The van der Waals surface area contributed by atoms with Crippen LogP contribution >= 0.6 is 0 Å². The van der Waals surface area contributed by atoms with Gasteiger partial charge in [0.2, 0.25) is 0 Å². The lowest BCUT2D eigenvalue weighted by atomic mass is 9.43. The van der Waals surface area contributed by atoms with E-state index in [0.717, 1.165) is 31.1 Å². The largest absolute Gasteiger partial charge is 0.393 e. The fourth-order valence-electron chi connectivity index (χ4n) is 9.69. The third-order valence-electron chi connectivity index (χ3n) is 11.9. The lowest BCUT2D eigenvalue weighted by Gasteiger charge is -2.62. The highest BCUT2D eigenvalue weighted by molar-refractivity contribution is 5.38. The maximum absolute atomic E-state index is 10.8. The first-order valence-electron chi connectivity index (χ1n) is 13.8. The van der Waals surface area contributed by atoms with Crippen molar-refractivity contribution in [3.05, 3.63) is 11.1 Å². The smallest absolute Gasteiger partial charge is 0.0594 e. The highest BCUT2D eigenvalue weighted by Gasteiger charge is 2.63. The predicted molar refractivity (Wildman–Crippen MR) is 134 cm³/mol. The van der Waals surface area contributed by atoms with Gasteiger partial charge < -0.3 is 10.2 Å². The van der Waals surface area contributed by atoms with Crippen LogP contribution in [0.15, 0.2) is 11.1 Å². The molecule has 4 aliphatic rings. The second-order valence-electron chi connectivity index (χ2n) is 14.4. The molecule has 184 valence electrons. The molecule has 0 heterocycles. The van der Waals surface area contributed by atoms with Crippen molar-refractivity contribution in [3.63, 3.8) is 0 Å². The molecule has 0 aromatic carbocycles. The molecule has 4 aliphatic carbocycles. The first-order valence-corrected chi connectivity index (χ1v) is 13.8. The molecule has 7 atom stereocenters. The van der Waals surface area contributed by atoms with Gasteiger partial charge in [-0.2, -0.15) is 0 Å². The van der Waals surface area contributed by atoms with Gasteiger partial charge in [-0.3, -0.25) is 0 Å². The number of allylic oxidation sites excluding steroid dienone is 2. The zero-order valence-corrected chi connectivity index (χ0v) is 22.5. The Labute approximate surface area is 198 Å². The van der Waals surface area contributed by atoms with Gasteiger partial charge >= 0.3 is 0 Å². The van der Waals surface area contributed by atoms with Crippen molar-refractivity contribution in [1.29, 1.82) is 0 Å². The van der Waals surface area contributed by atoms with Gasteiger partial charge in [0.25, 0.3) is 0 Å². The molecule has 2 nitrogen and oxygen atoms in total. The van der Waals surface area contributed by atoms with Crippen LogP contribution in [0.25, 0.3) is 0 Å². The van der Waals surface area contributed by atoms with Gasteiger partial charge in [0.15, 0.2) is 0 Å². The van der Waals surface area contributed by atoms with E-state index >= 15 is 0 Å². The van der Waals surface area contributed by atoms with Crippen molar-refractivity contribution in [1.82, 2.24) is 0 Å². The molecular weight excluding hydrogens is 392 g/mol. The van der Waals surface area contributed by atoms with Gasteiger partial charge in [0.1, 0.15) is 0 Å². The van der Waals surface area contributed by atoms with Gasteiger partial charge in [-0.1, -0.05) is 65.5 Å². The summed E-state index contributed by atoms with van der Waals surface area (Å²) in [5.41, 5.74) is 4.22. The molecule has 2 fully saturated rings. The molecule has 0 bridgehead atoms. The first-order chi connectivity index (χ1) is 14.7. The van der Waals surface area contributed by atoms with Crippen molar-refractivity contribution >= 4 is 0 Å². The summed E-state index contributed by atoms with van der Waals surface area (Å²) in [4.78, 5) is 0. The highest BCUT2D eigenvalue weighted by atomic mass is 16.3. The van der Waals surface area contributed by atoms with Crippen molar-refractivity contribution in [2.75, 3.05) is 0 Å². The molecule has 0 amide bonds. The monoisotopic (exact) mass is 444 g/mol. The maximum Gasteiger partial charge on any atom is 0.0594 e. The summed E-state index contributed by atoms with van der Waals surface area (Å²) in [6, 6.07) is 0. The van der Waals surface area contributed by atoms with Crippen LogP contribution in [0.2, 0.25) is 0 Å². The number of hydrogen-bond donors (Lipinski definition) is 2. The molecule has 0 aromatic rings. The van der Waals surface area contributed by atoms with Crippen LogP contribution in [0.4, 0.5) is 0 Å². The summed E-state index contributed by atoms with van der Waals surface area (Å²) >= 11 is 0. The standard InChI is InChI=1S/C30H52O2/c1-20(10-9-16-26(2,3)32)21-13-18-30(8)23-11-12-24-27(4,5)25(31)15-17-28(24,6)22(23)14-19-29(21,30)7/h20-21,24-25,31-32H,9-19H2,1-8H3/t20-,21-,24?,25?,28-,29-,30+/m1/s1. The summed E-state index contributed by atoms with van der Waals surface area (Å²) in [6.07, 6.45) is 13.2. The summed E-state index contributed by atoms with van der Waals surface area (Å²) in [7, 11) is 0. The Morgan fingerprint density at radius 1 is 0.938 bits per heavy atom. The Bertz CT molecular complexity index is 757. The van der Waals surface area contributed by atoms with E-state index in [-0.39, 0.29) is 16.9 Å². The second-order valence-corrected chi connectivity index (χ2v) is 14.4. The average molecular weight is 445 g/mol. The summed E-state index contributed by atoms with van der Waals surface area (Å²) in [5.74, 6) is 2.16. The Morgan fingerprint density at radius 2 is 1.62 bits per heavy atom. The van der Waals surface area contributed by atoms with Crippen LogP contribution in [0.3, 0.4) is 0 Å². The molecule has 0 saturated heterocycles. The van der Waals surface area contributed by atoms with Gasteiger partial charge in [-0.05, 0) is 111 Å². The number of rotatable bonds is 5. The molecule has 32 heavy (non-hydrogen) atoms. The molecule has 0 radical (unpaired) electrons. The van der Waals surface area contributed by atoms with E-state index in [2.05, 4.69) is 41.5 Å². The molecule has 2 N–H and O–H groups in total. The van der Waals surface area contributed by atoms with E-state index in [1.54, 1.807) is 0 Å². The van der Waals surface area contributed by atoms with Crippen LogP contribution in [-0.4, -0.2) is 21.9 Å². The Morgan fingerprint density at radius 3 is 2.28 bits per heavy atom. The quantitative estimate of drug-likeness (QED) is 0.427. The minimum atomic E-state index is -0.534. The van der Waals surface area contributed by atoms with E-state index in [4.69, 9.17) is 0 Å². The minimum absolute atomic E-state index is 0.0282. The lowest BCUT2D eigenvalue weighted by molar-refractivity contribution is -0.0962. The van der Waals surface area contributed by atoms with Crippen molar-refractivity contribution < 1.29 is 10.2 Å². The summed E-state index contributed by atoms with van der Waals surface area (Å²) < 4.78 is 0. The van der Waals surface area contributed by atoms with E-state index in [0.29, 0.717) is 16.7 Å². The average Bonchev–Trinajstić information content (AvgIpc) is 2.96. The van der Waals surface area contributed by atoms with Gasteiger partial charge in [0.05, 0.1) is 11.7 Å². The van der Waals surface area contributed by atoms with E-state index in [1.807, 2.05) is 25.0 Å². The van der Waals surface area contributed by atoms with Crippen molar-refractivity contribution in [2.45, 2.75) is 138 Å². The van der Waals surface area contributed by atoms with Crippen LogP contribution in [0.1, 0.15) is 126 Å². The summed E-state index contributed by atoms with van der Waals surface area (Å²) in [6.45, 7) is 18.9. The normalized spacial score (nSPS) is 44.6. The highest BCUT2D eigenvalue weighted by Crippen LogP contribution is 2.72. The number of aliphatic hydroxyl groups excluding tert-OH is 1. The topological polar surface area (TPSA) is 40.5 Å². The minimum Gasteiger partial charge on any atom is -0.393 e. The van der Waals surface area contributed by atoms with Gasteiger partial charge in [-0.25, -0.2) is 0 Å². The second kappa shape index (κ2) is 7.84. The Hall–Kier alpha value is -0.340. The third kappa shape index (κ3) is 3.57. The Balaban J connectivity index is 1.60. The molecule has 2 unspecified atom stereocenters. The van der Waals surface area contributed by atoms with Crippen molar-refractivity contribution in [2.24, 2.45) is 39.4 Å². The third-order valence-corrected chi connectivity index (χ3v) is 11.9. The van der Waals surface area contributed by atoms with Crippen LogP contribution in [0, 0.1) is 39.4 Å². The molecule has 4 rings (SSSR count). The van der Waals surface area contributed by atoms with E-state index < -0.39 is 5.60 Å². The fourth-order valence-corrected chi connectivity index (χ4v) is 9.69. The van der Waals surface area contributed by atoms with Crippen molar-refractivity contribution in [3.8, 4) is 0 Å². The molecule has 2 heteroatoms. The SMILES string of the molecule is C[C@H](CCCC(C)(C)O)[C@H]1CC[C@@]2(C)C3=C(CC[C@]12C)[C@@]1(C)CCC(O)C(C)(C)C1CC3. The molecule has 0 spiro atoms. The summed E-state index contributed by atoms with van der Waals surface area (Å²) in [5, 5.41) is 21.0. The molecular formula is C30H52O2. The zero-order valence-electron chi connectivity index (χ0n) is 22.5.